The Morgan fingerprint density at radius 1 is 1.10 bits per heavy atom. The number of rotatable bonds is 6. The zero-order valence-electron chi connectivity index (χ0n) is 17.0. The van der Waals surface area contributed by atoms with E-state index in [2.05, 4.69) is 34.6 Å². The largest absolute Gasteiger partial charge is 0.350 e. The quantitative estimate of drug-likeness (QED) is 0.539. The molecular formula is C23H23N5O2. The Morgan fingerprint density at radius 2 is 1.87 bits per heavy atom. The number of nitrogens with one attached hydrogen (secondary N) is 1. The zero-order chi connectivity index (χ0) is 21.1. The number of carbonyl (C=O) groups excluding carboxylic acids is 1. The van der Waals surface area contributed by atoms with E-state index in [0.29, 0.717) is 17.8 Å². The van der Waals surface area contributed by atoms with E-state index in [1.807, 2.05) is 43.3 Å². The second-order valence-corrected chi connectivity index (χ2v) is 7.21. The van der Waals surface area contributed by atoms with Crippen LogP contribution < -0.4 is 10.9 Å². The Labute approximate surface area is 174 Å². The van der Waals surface area contributed by atoms with E-state index in [9.17, 15) is 9.59 Å². The third kappa shape index (κ3) is 4.00. The van der Waals surface area contributed by atoms with Gasteiger partial charge in [0.1, 0.15) is 18.4 Å². The van der Waals surface area contributed by atoms with E-state index < -0.39 is 0 Å². The third-order valence-electron chi connectivity index (χ3n) is 5.18. The van der Waals surface area contributed by atoms with Crippen molar-refractivity contribution in [3.05, 3.63) is 88.0 Å². The standard InChI is InChI=1S/C23H23N5O2/c1-3-17-8-10-18(11-9-17)20-12-21-23(30)27(25-15-28(21)26-20)14-22(29)24-13-19-7-5-4-6-16(19)2/h4-12,15H,3,13-14H2,1-2H3,(H,24,29). The first-order valence-corrected chi connectivity index (χ1v) is 9.91. The van der Waals surface area contributed by atoms with Crippen molar-refractivity contribution >= 4 is 11.4 Å². The molecule has 4 rings (SSSR count). The van der Waals surface area contributed by atoms with Crippen LogP contribution in [0.25, 0.3) is 16.8 Å². The molecule has 30 heavy (non-hydrogen) atoms. The zero-order valence-corrected chi connectivity index (χ0v) is 17.0. The molecule has 0 aliphatic heterocycles. The number of carbonyl (C=O) groups is 1. The SMILES string of the molecule is CCc1ccc(-c2cc3c(=O)n(CC(=O)NCc4ccccc4C)ncn3n2)cc1. The maximum absolute atomic E-state index is 12.8. The molecule has 0 bridgehead atoms. The first-order valence-electron chi connectivity index (χ1n) is 9.91. The first kappa shape index (κ1) is 19.6. The van der Waals surface area contributed by atoms with Crippen molar-refractivity contribution in [2.45, 2.75) is 33.4 Å². The number of aryl methyl sites for hydroxylation is 2. The Kier molecular flexibility index (Phi) is 5.43. The molecule has 0 atom stereocenters. The van der Waals surface area contributed by atoms with E-state index in [-0.39, 0.29) is 18.0 Å². The lowest BCUT2D eigenvalue weighted by atomic mass is 10.1. The molecule has 7 nitrogen and oxygen atoms in total. The fourth-order valence-electron chi connectivity index (χ4n) is 3.30. The highest BCUT2D eigenvalue weighted by Gasteiger charge is 2.12. The van der Waals surface area contributed by atoms with Gasteiger partial charge in [-0.3, -0.25) is 9.59 Å². The van der Waals surface area contributed by atoms with Gasteiger partial charge in [-0.05, 0) is 36.1 Å². The van der Waals surface area contributed by atoms with Crippen LogP contribution in [0.15, 0.2) is 65.7 Å². The summed E-state index contributed by atoms with van der Waals surface area (Å²) in [5.74, 6) is -0.271. The van der Waals surface area contributed by atoms with Crippen LogP contribution in [-0.2, 0) is 24.3 Å². The summed E-state index contributed by atoms with van der Waals surface area (Å²) in [7, 11) is 0. The molecule has 7 heteroatoms. The number of hydrogen-bond donors (Lipinski definition) is 1. The van der Waals surface area contributed by atoms with E-state index in [1.54, 1.807) is 6.07 Å². The van der Waals surface area contributed by atoms with Crippen LogP contribution in [0.5, 0.6) is 0 Å². The topological polar surface area (TPSA) is 81.3 Å². The lowest BCUT2D eigenvalue weighted by Crippen LogP contribution is -2.34. The van der Waals surface area contributed by atoms with E-state index in [4.69, 9.17) is 0 Å². The van der Waals surface area contributed by atoms with Crippen molar-refractivity contribution in [2.75, 3.05) is 0 Å². The Bertz CT molecular complexity index is 1250. The van der Waals surface area contributed by atoms with Crippen LogP contribution >= 0.6 is 0 Å². The van der Waals surface area contributed by atoms with E-state index in [1.165, 1.54) is 16.4 Å². The minimum Gasteiger partial charge on any atom is -0.350 e. The molecule has 2 aromatic carbocycles. The van der Waals surface area contributed by atoms with E-state index >= 15 is 0 Å². The molecule has 1 amide bonds. The predicted molar refractivity (Wildman–Crippen MR) is 115 cm³/mol. The number of benzene rings is 2. The molecule has 0 unspecified atom stereocenters. The third-order valence-corrected chi connectivity index (χ3v) is 5.18. The van der Waals surface area contributed by atoms with Crippen molar-refractivity contribution in [3.8, 4) is 11.3 Å². The maximum Gasteiger partial charge on any atom is 0.293 e. The molecule has 1 N–H and O–H groups in total. The molecule has 0 radical (unpaired) electrons. The van der Waals surface area contributed by atoms with Crippen molar-refractivity contribution in [1.82, 2.24) is 24.7 Å². The van der Waals surface area contributed by atoms with Gasteiger partial charge >= 0.3 is 0 Å². The summed E-state index contributed by atoms with van der Waals surface area (Å²) in [5.41, 5.74) is 5.03. The van der Waals surface area contributed by atoms with Crippen molar-refractivity contribution in [2.24, 2.45) is 0 Å². The molecule has 4 aromatic rings. The molecule has 0 fully saturated rings. The molecular weight excluding hydrogens is 378 g/mol. The predicted octanol–water partition coefficient (Wildman–Crippen LogP) is 2.75. The van der Waals surface area contributed by atoms with Crippen molar-refractivity contribution in [1.29, 1.82) is 0 Å². The van der Waals surface area contributed by atoms with Crippen LogP contribution in [0.4, 0.5) is 0 Å². The first-order chi connectivity index (χ1) is 14.5. The van der Waals surface area contributed by atoms with Gasteiger partial charge in [-0.15, -0.1) is 0 Å². The van der Waals surface area contributed by atoms with Gasteiger partial charge in [-0.2, -0.15) is 10.2 Å². The van der Waals surface area contributed by atoms with Crippen molar-refractivity contribution in [3.63, 3.8) is 0 Å². The molecule has 2 aromatic heterocycles. The summed E-state index contributed by atoms with van der Waals surface area (Å²) in [4.78, 5) is 25.1. The lowest BCUT2D eigenvalue weighted by Gasteiger charge is -2.08. The van der Waals surface area contributed by atoms with Gasteiger partial charge in [0.15, 0.2) is 0 Å². The monoisotopic (exact) mass is 401 g/mol. The second kappa shape index (κ2) is 8.32. The minimum atomic E-state index is -0.354. The lowest BCUT2D eigenvalue weighted by molar-refractivity contribution is -0.122. The van der Waals surface area contributed by atoms with Crippen LogP contribution in [-0.4, -0.2) is 25.3 Å². The van der Waals surface area contributed by atoms with Gasteiger partial charge < -0.3 is 5.32 Å². The molecule has 0 saturated carbocycles. The van der Waals surface area contributed by atoms with Crippen LogP contribution in [0, 0.1) is 6.92 Å². The van der Waals surface area contributed by atoms with Gasteiger partial charge in [-0.1, -0.05) is 55.5 Å². The Morgan fingerprint density at radius 3 is 2.60 bits per heavy atom. The number of hydrogen-bond acceptors (Lipinski definition) is 4. The number of nitrogens with zero attached hydrogens (tertiary/aromatic N) is 4. The van der Waals surface area contributed by atoms with Gasteiger partial charge in [0.2, 0.25) is 5.91 Å². The highest BCUT2D eigenvalue weighted by atomic mass is 16.2. The van der Waals surface area contributed by atoms with Crippen LogP contribution in [0.3, 0.4) is 0 Å². The summed E-state index contributed by atoms with van der Waals surface area (Å²) < 4.78 is 2.61. The summed E-state index contributed by atoms with van der Waals surface area (Å²) in [6.07, 6.45) is 2.42. The van der Waals surface area contributed by atoms with Gasteiger partial charge in [0.25, 0.3) is 5.56 Å². The minimum absolute atomic E-state index is 0.146. The van der Waals surface area contributed by atoms with Gasteiger partial charge in [0, 0.05) is 12.1 Å². The summed E-state index contributed by atoms with van der Waals surface area (Å²) >= 11 is 0. The molecule has 0 spiro atoms. The fourth-order valence-corrected chi connectivity index (χ4v) is 3.30. The van der Waals surface area contributed by atoms with Crippen LogP contribution in [0.2, 0.25) is 0 Å². The molecule has 152 valence electrons. The number of fused-ring (bicyclic) bond motifs is 1. The van der Waals surface area contributed by atoms with E-state index in [0.717, 1.165) is 27.8 Å². The number of aromatic nitrogens is 4. The normalized spacial score (nSPS) is 11.0. The number of amides is 1. The second-order valence-electron chi connectivity index (χ2n) is 7.21. The highest BCUT2D eigenvalue weighted by molar-refractivity contribution is 5.75. The molecule has 0 aliphatic rings. The van der Waals surface area contributed by atoms with Gasteiger partial charge in [-0.25, -0.2) is 9.20 Å². The molecule has 0 saturated heterocycles. The van der Waals surface area contributed by atoms with Crippen LogP contribution in [0.1, 0.15) is 23.6 Å². The average Bonchev–Trinajstić information content (AvgIpc) is 3.20. The fraction of sp³-hybridized carbons (Fsp3) is 0.217. The summed E-state index contributed by atoms with van der Waals surface area (Å²) in [6.45, 7) is 4.36. The summed E-state index contributed by atoms with van der Waals surface area (Å²) in [5, 5.41) is 11.4. The Hall–Kier alpha value is -3.74. The van der Waals surface area contributed by atoms with Gasteiger partial charge in [0.05, 0.1) is 5.69 Å². The Balaban J connectivity index is 1.52. The molecule has 0 aliphatic carbocycles. The maximum atomic E-state index is 12.8. The highest BCUT2D eigenvalue weighted by Crippen LogP contribution is 2.19. The average molecular weight is 401 g/mol. The summed E-state index contributed by atoms with van der Waals surface area (Å²) in [6, 6.07) is 17.7. The molecule has 2 heterocycles. The van der Waals surface area contributed by atoms with Crippen molar-refractivity contribution < 1.29 is 4.79 Å². The smallest absolute Gasteiger partial charge is 0.293 e.